The highest BCUT2D eigenvalue weighted by Gasteiger charge is 2.27. The van der Waals surface area contributed by atoms with Crippen LogP contribution < -0.4 is 5.73 Å². The summed E-state index contributed by atoms with van der Waals surface area (Å²) in [6, 6.07) is 4.76. The van der Waals surface area contributed by atoms with Crippen LogP contribution in [0, 0.1) is 11.8 Å². The van der Waals surface area contributed by atoms with E-state index in [4.69, 9.17) is 5.73 Å². The van der Waals surface area contributed by atoms with Gasteiger partial charge in [-0.3, -0.25) is 4.98 Å². The summed E-state index contributed by atoms with van der Waals surface area (Å²) in [4.78, 5) is 6.54. The molecule has 0 amide bonds. The van der Waals surface area contributed by atoms with Crippen LogP contribution in [0.4, 0.5) is 0 Å². The summed E-state index contributed by atoms with van der Waals surface area (Å²) >= 11 is 0. The Morgan fingerprint density at radius 1 is 1.25 bits per heavy atom. The fourth-order valence-corrected chi connectivity index (χ4v) is 3.42. The molecule has 0 spiro atoms. The van der Waals surface area contributed by atoms with Crippen LogP contribution in [0.15, 0.2) is 24.5 Å². The number of nitrogens with zero attached hydrogens (tertiary/aromatic N) is 2. The maximum atomic E-state index is 6.06. The molecule has 3 nitrogen and oxygen atoms in total. The SMILES string of the molecule is CC1CCC(C(CN)N(C)CCc2ccncc2)CC1. The number of pyridine rings is 1. The van der Waals surface area contributed by atoms with E-state index in [1.807, 2.05) is 12.4 Å². The Labute approximate surface area is 123 Å². The zero-order valence-electron chi connectivity index (χ0n) is 13.0. The third-order valence-corrected chi connectivity index (χ3v) is 4.91. The maximum absolute atomic E-state index is 6.06. The summed E-state index contributed by atoms with van der Waals surface area (Å²) in [6.45, 7) is 4.24. The second kappa shape index (κ2) is 7.75. The van der Waals surface area contributed by atoms with E-state index in [1.54, 1.807) is 0 Å². The molecule has 1 saturated carbocycles. The molecular formula is C17H29N3. The van der Waals surface area contributed by atoms with E-state index in [0.717, 1.165) is 31.3 Å². The van der Waals surface area contributed by atoms with Crippen LogP contribution in [0.3, 0.4) is 0 Å². The van der Waals surface area contributed by atoms with Crippen molar-refractivity contribution in [2.24, 2.45) is 17.6 Å². The van der Waals surface area contributed by atoms with Gasteiger partial charge in [0.15, 0.2) is 0 Å². The van der Waals surface area contributed by atoms with Crippen LogP contribution >= 0.6 is 0 Å². The van der Waals surface area contributed by atoms with Gasteiger partial charge in [-0.2, -0.15) is 0 Å². The molecule has 1 atom stereocenters. The molecule has 1 aliphatic rings. The predicted molar refractivity (Wildman–Crippen MR) is 84.5 cm³/mol. The Bertz CT molecular complexity index is 371. The first-order chi connectivity index (χ1) is 9.70. The lowest BCUT2D eigenvalue weighted by Crippen LogP contribution is -2.45. The molecule has 1 aromatic heterocycles. The molecule has 0 radical (unpaired) electrons. The lowest BCUT2D eigenvalue weighted by Gasteiger charge is -2.37. The Morgan fingerprint density at radius 2 is 1.90 bits per heavy atom. The molecule has 0 aliphatic heterocycles. The second-order valence-corrected chi connectivity index (χ2v) is 6.41. The predicted octanol–water partition coefficient (Wildman–Crippen LogP) is 2.71. The lowest BCUT2D eigenvalue weighted by atomic mass is 9.79. The standard InChI is InChI=1S/C17H29N3/c1-14-3-5-16(6-4-14)17(13-18)20(2)12-9-15-7-10-19-11-8-15/h7-8,10-11,14,16-17H,3-6,9,12-13,18H2,1-2H3. The summed E-state index contributed by atoms with van der Waals surface area (Å²) in [7, 11) is 2.23. The average Bonchev–Trinajstić information content (AvgIpc) is 2.49. The fraction of sp³-hybridized carbons (Fsp3) is 0.706. The van der Waals surface area contributed by atoms with Crippen molar-refractivity contribution >= 4 is 0 Å². The van der Waals surface area contributed by atoms with Crippen molar-refractivity contribution < 1.29 is 0 Å². The molecule has 1 fully saturated rings. The zero-order chi connectivity index (χ0) is 14.4. The van der Waals surface area contributed by atoms with Gasteiger partial charge in [0.05, 0.1) is 0 Å². The summed E-state index contributed by atoms with van der Waals surface area (Å²) < 4.78 is 0. The first-order valence-corrected chi connectivity index (χ1v) is 8.00. The number of hydrogen-bond acceptors (Lipinski definition) is 3. The highest BCUT2D eigenvalue weighted by atomic mass is 15.1. The minimum atomic E-state index is 0.546. The van der Waals surface area contributed by atoms with Gasteiger partial charge in [0.25, 0.3) is 0 Å². The van der Waals surface area contributed by atoms with Gasteiger partial charge in [-0.05, 0) is 55.8 Å². The van der Waals surface area contributed by atoms with Crippen molar-refractivity contribution in [2.45, 2.75) is 45.1 Å². The van der Waals surface area contributed by atoms with Crippen molar-refractivity contribution in [2.75, 3.05) is 20.1 Å². The van der Waals surface area contributed by atoms with Gasteiger partial charge >= 0.3 is 0 Å². The molecule has 2 rings (SSSR count). The maximum Gasteiger partial charge on any atom is 0.0270 e. The van der Waals surface area contributed by atoms with Gasteiger partial charge in [-0.1, -0.05) is 19.8 Å². The van der Waals surface area contributed by atoms with Crippen LogP contribution in [0.2, 0.25) is 0 Å². The quantitative estimate of drug-likeness (QED) is 0.868. The van der Waals surface area contributed by atoms with E-state index < -0.39 is 0 Å². The minimum Gasteiger partial charge on any atom is -0.329 e. The van der Waals surface area contributed by atoms with E-state index in [2.05, 4.69) is 36.0 Å². The summed E-state index contributed by atoms with van der Waals surface area (Å²) in [5, 5.41) is 0. The first kappa shape index (κ1) is 15.5. The molecule has 1 heterocycles. The molecule has 1 unspecified atom stereocenters. The van der Waals surface area contributed by atoms with Gasteiger partial charge in [0.2, 0.25) is 0 Å². The Hall–Kier alpha value is -0.930. The van der Waals surface area contributed by atoms with Gasteiger partial charge in [-0.25, -0.2) is 0 Å². The Kier molecular flexibility index (Phi) is 5.99. The largest absolute Gasteiger partial charge is 0.329 e. The van der Waals surface area contributed by atoms with E-state index in [1.165, 1.54) is 31.2 Å². The van der Waals surface area contributed by atoms with Crippen LogP contribution in [-0.4, -0.2) is 36.1 Å². The van der Waals surface area contributed by atoms with Crippen LogP contribution in [-0.2, 0) is 6.42 Å². The summed E-state index contributed by atoms with van der Waals surface area (Å²) in [5.41, 5.74) is 7.42. The number of nitrogens with two attached hydrogens (primary N) is 1. The second-order valence-electron chi connectivity index (χ2n) is 6.41. The molecule has 1 aliphatic carbocycles. The summed E-state index contributed by atoms with van der Waals surface area (Å²) in [6.07, 6.45) is 10.3. The molecule has 2 N–H and O–H groups in total. The monoisotopic (exact) mass is 275 g/mol. The smallest absolute Gasteiger partial charge is 0.0270 e. The van der Waals surface area contributed by atoms with Crippen molar-refractivity contribution in [3.05, 3.63) is 30.1 Å². The normalized spacial score (nSPS) is 24.8. The van der Waals surface area contributed by atoms with Gasteiger partial charge in [-0.15, -0.1) is 0 Å². The molecular weight excluding hydrogens is 246 g/mol. The molecule has 3 heteroatoms. The molecule has 0 bridgehead atoms. The van der Waals surface area contributed by atoms with Crippen molar-refractivity contribution in [3.8, 4) is 0 Å². The zero-order valence-corrected chi connectivity index (χ0v) is 13.0. The van der Waals surface area contributed by atoms with Crippen molar-refractivity contribution in [1.29, 1.82) is 0 Å². The number of rotatable bonds is 6. The fourth-order valence-electron chi connectivity index (χ4n) is 3.42. The first-order valence-electron chi connectivity index (χ1n) is 8.00. The minimum absolute atomic E-state index is 0.546. The Balaban J connectivity index is 1.84. The van der Waals surface area contributed by atoms with Crippen LogP contribution in [0.1, 0.15) is 38.2 Å². The van der Waals surface area contributed by atoms with E-state index in [9.17, 15) is 0 Å². The third-order valence-electron chi connectivity index (χ3n) is 4.91. The third kappa shape index (κ3) is 4.29. The van der Waals surface area contributed by atoms with E-state index >= 15 is 0 Å². The molecule has 0 saturated heterocycles. The molecule has 20 heavy (non-hydrogen) atoms. The van der Waals surface area contributed by atoms with Crippen molar-refractivity contribution in [1.82, 2.24) is 9.88 Å². The van der Waals surface area contributed by atoms with E-state index in [-0.39, 0.29) is 0 Å². The Morgan fingerprint density at radius 3 is 2.50 bits per heavy atom. The lowest BCUT2D eigenvalue weighted by molar-refractivity contribution is 0.136. The average molecular weight is 275 g/mol. The van der Waals surface area contributed by atoms with Gasteiger partial charge in [0.1, 0.15) is 0 Å². The molecule has 0 aromatic carbocycles. The molecule has 112 valence electrons. The van der Waals surface area contributed by atoms with Gasteiger partial charge in [0, 0.05) is 31.5 Å². The van der Waals surface area contributed by atoms with Crippen LogP contribution in [0.5, 0.6) is 0 Å². The highest BCUT2D eigenvalue weighted by molar-refractivity contribution is 5.10. The molecule has 1 aromatic rings. The number of aromatic nitrogens is 1. The van der Waals surface area contributed by atoms with E-state index in [0.29, 0.717) is 6.04 Å². The van der Waals surface area contributed by atoms with Crippen molar-refractivity contribution in [3.63, 3.8) is 0 Å². The number of likely N-dealkylation sites (N-methyl/N-ethyl adjacent to an activating group) is 1. The van der Waals surface area contributed by atoms with Gasteiger partial charge < -0.3 is 10.6 Å². The summed E-state index contributed by atoms with van der Waals surface area (Å²) in [5.74, 6) is 1.70. The topological polar surface area (TPSA) is 42.1 Å². The highest BCUT2D eigenvalue weighted by Crippen LogP contribution is 2.31. The number of hydrogen-bond donors (Lipinski definition) is 1. The van der Waals surface area contributed by atoms with Crippen LogP contribution in [0.25, 0.3) is 0 Å².